The van der Waals surface area contributed by atoms with Crippen LogP contribution in [-0.2, 0) is 14.3 Å². The Balaban J connectivity index is 4.75. The molecule has 0 aliphatic carbocycles. The summed E-state index contributed by atoms with van der Waals surface area (Å²) in [4.78, 5) is 34.4. The molecule has 0 saturated carbocycles. The zero-order valence-corrected chi connectivity index (χ0v) is 11.3. The second kappa shape index (κ2) is 9.18. The number of methoxy groups -OCH3 is 1. The van der Waals surface area contributed by atoms with Crippen LogP contribution in [0.15, 0.2) is 0 Å². The first-order chi connectivity index (χ1) is 8.93. The van der Waals surface area contributed by atoms with Crippen molar-refractivity contribution in [2.45, 2.75) is 45.1 Å². The molecule has 0 aromatic heterocycles. The summed E-state index contributed by atoms with van der Waals surface area (Å²) in [5.41, 5.74) is 0. The summed E-state index contributed by atoms with van der Waals surface area (Å²) >= 11 is 0. The molecule has 0 rings (SSSR count). The van der Waals surface area contributed by atoms with E-state index in [-0.39, 0.29) is 19.4 Å². The Morgan fingerprint density at radius 3 is 2.26 bits per heavy atom. The van der Waals surface area contributed by atoms with Gasteiger partial charge < -0.3 is 14.9 Å². The van der Waals surface area contributed by atoms with Crippen LogP contribution < -0.4 is 0 Å². The first-order valence-electron chi connectivity index (χ1n) is 6.23. The van der Waals surface area contributed by atoms with Crippen molar-refractivity contribution in [3.63, 3.8) is 0 Å². The number of hydrogen-bond donors (Lipinski definition) is 2. The minimum atomic E-state index is -1.22. The van der Waals surface area contributed by atoms with E-state index in [1.54, 1.807) is 0 Å². The Kier molecular flexibility index (Phi) is 8.32. The van der Waals surface area contributed by atoms with E-state index in [0.29, 0.717) is 6.42 Å². The van der Waals surface area contributed by atoms with Gasteiger partial charge in [-0.25, -0.2) is 9.59 Å². The third kappa shape index (κ3) is 6.64. The number of nitrogens with zero attached hydrogens (tertiary/aromatic N) is 1. The quantitative estimate of drug-likeness (QED) is 0.619. The summed E-state index contributed by atoms with van der Waals surface area (Å²) in [7, 11) is 1.17. The van der Waals surface area contributed by atoms with E-state index in [1.807, 2.05) is 6.92 Å². The molecule has 1 amide bonds. The SMILES string of the molecule is CCCCCN(C(=O)OC)C(CCC(=O)O)C(=O)O. The maximum atomic E-state index is 11.6. The second-order valence-corrected chi connectivity index (χ2v) is 4.16. The van der Waals surface area contributed by atoms with Gasteiger partial charge >= 0.3 is 18.0 Å². The predicted octanol–water partition coefficient (Wildman–Crippen LogP) is 1.56. The number of carboxylic acid groups (broad SMARTS) is 2. The molecule has 0 heterocycles. The molecular weight excluding hydrogens is 254 g/mol. The van der Waals surface area contributed by atoms with Crippen LogP contribution in [0.1, 0.15) is 39.0 Å². The number of aliphatic carboxylic acids is 2. The molecule has 0 aliphatic heterocycles. The average Bonchev–Trinajstić information content (AvgIpc) is 2.35. The van der Waals surface area contributed by atoms with E-state index in [4.69, 9.17) is 10.2 Å². The lowest BCUT2D eigenvalue weighted by molar-refractivity contribution is -0.144. The van der Waals surface area contributed by atoms with Gasteiger partial charge in [-0.1, -0.05) is 19.8 Å². The minimum Gasteiger partial charge on any atom is -0.481 e. The van der Waals surface area contributed by atoms with Crippen molar-refractivity contribution in [1.82, 2.24) is 4.90 Å². The topological polar surface area (TPSA) is 104 Å². The minimum absolute atomic E-state index is 0.133. The van der Waals surface area contributed by atoms with Gasteiger partial charge in [-0.05, 0) is 12.8 Å². The monoisotopic (exact) mass is 275 g/mol. The Labute approximate surface area is 112 Å². The van der Waals surface area contributed by atoms with Crippen LogP contribution in [0, 0.1) is 0 Å². The Hall–Kier alpha value is -1.79. The fourth-order valence-corrected chi connectivity index (χ4v) is 1.70. The third-order valence-electron chi connectivity index (χ3n) is 2.70. The molecule has 19 heavy (non-hydrogen) atoms. The average molecular weight is 275 g/mol. The van der Waals surface area contributed by atoms with Crippen LogP contribution >= 0.6 is 0 Å². The summed E-state index contributed by atoms with van der Waals surface area (Å²) in [6, 6.07) is -1.17. The van der Waals surface area contributed by atoms with E-state index in [1.165, 1.54) is 7.11 Å². The first kappa shape index (κ1) is 17.2. The molecule has 0 bridgehead atoms. The molecule has 1 atom stereocenters. The number of unbranched alkanes of at least 4 members (excludes halogenated alkanes) is 2. The molecular formula is C12H21NO6. The van der Waals surface area contributed by atoms with E-state index in [0.717, 1.165) is 17.7 Å². The molecule has 7 nitrogen and oxygen atoms in total. The highest BCUT2D eigenvalue weighted by Crippen LogP contribution is 2.12. The van der Waals surface area contributed by atoms with Crippen molar-refractivity contribution in [2.75, 3.05) is 13.7 Å². The van der Waals surface area contributed by atoms with Crippen molar-refractivity contribution in [2.24, 2.45) is 0 Å². The normalized spacial score (nSPS) is 11.7. The number of amides is 1. The molecule has 110 valence electrons. The second-order valence-electron chi connectivity index (χ2n) is 4.16. The van der Waals surface area contributed by atoms with Gasteiger partial charge in [0.1, 0.15) is 6.04 Å². The van der Waals surface area contributed by atoms with Gasteiger partial charge in [0.25, 0.3) is 0 Å². The van der Waals surface area contributed by atoms with E-state index >= 15 is 0 Å². The lowest BCUT2D eigenvalue weighted by Crippen LogP contribution is -2.45. The lowest BCUT2D eigenvalue weighted by Gasteiger charge is -2.27. The Morgan fingerprint density at radius 2 is 1.84 bits per heavy atom. The predicted molar refractivity (Wildman–Crippen MR) is 66.9 cm³/mol. The summed E-state index contributed by atoms with van der Waals surface area (Å²) < 4.78 is 4.56. The maximum Gasteiger partial charge on any atom is 0.410 e. The lowest BCUT2D eigenvalue weighted by atomic mass is 10.1. The highest BCUT2D eigenvalue weighted by Gasteiger charge is 2.30. The van der Waals surface area contributed by atoms with Crippen molar-refractivity contribution >= 4 is 18.0 Å². The fraction of sp³-hybridized carbons (Fsp3) is 0.750. The molecule has 7 heteroatoms. The third-order valence-corrected chi connectivity index (χ3v) is 2.70. The molecule has 0 aromatic carbocycles. The van der Waals surface area contributed by atoms with Crippen LogP contribution in [0.25, 0.3) is 0 Å². The van der Waals surface area contributed by atoms with Crippen LogP contribution in [0.2, 0.25) is 0 Å². The zero-order chi connectivity index (χ0) is 14.8. The zero-order valence-electron chi connectivity index (χ0n) is 11.3. The smallest absolute Gasteiger partial charge is 0.410 e. The highest BCUT2D eigenvalue weighted by molar-refractivity contribution is 5.80. The summed E-state index contributed by atoms with van der Waals surface area (Å²) in [6.45, 7) is 2.23. The van der Waals surface area contributed by atoms with Crippen LogP contribution in [-0.4, -0.2) is 52.8 Å². The summed E-state index contributed by atoms with van der Waals surface area (Å²) in [5.74, 6) is -2.31. The molecule has 2 N–H and O–H groups in total. The Bertz CT molecular complexity index is 317. The Morgan fingerprint density at radius 1 is 1.21 bits per heavy atom. The molecule has 0 aliphatic rings. The van der Waals surface area contributed by atoms with Crippen LogP contribution in [0.5, 0.6) is 0 Å². The van der Waals surface area contributed by atoms with E-state index < -0.39 is 24.1 Å². The van der Waals surface area contributed by atoms with E-state index in [2.05, 4.69) is 4.74 Å². The number of rotatable bonds is 9. The molecule has 0 radical (unpaired) electrons. The summed E-state index contributed by atoms with van der Waals surface area (Å²) in [6.07, 6.45) is 1.27. The number of hydrogen-bond acceptors (Lipinski definition) is 4. The maximum absolute atomic E-state index is 11.6. The number of carbonyl (C=O) groups excluding carboxylic acids is 1. The number of carbonyl (C=O) groups is 3. The number of ether oxygens (including phenoxy) is 1. The standard InChI is InChI=1S/C12H21NO6/c1-3-4-5-8-13(12(18)19-2)9(11(16)17)6-7-10(14)15/h9H,3-8H2,1-2H3,(H,14,15)(H,16,17). The number of carboxylic acids is 2. The molecule has 1 unspecified atom stereocenters. The van der Waals surface area contributed by atoms with Gasteiger partial charge in [0, 0.05) is 13.0 Å². The largest absolute Gasteiger partial charge is 0.481 e. The first-order valence-corrected chi connectivity index (χ1v) is 6.23. The van der Waals surface area contributed by atoms with Crippen LogP contribution in [0.3, 0.4) is 0 Å². The van der Waals surface area contributed by atoms with Gasteiger partial charge in [-0.3, -0.25) is 9.69 Å². The van der Waals surface area contributed by atoms with E-state index in [9.17, 15) is 14.4 Å². The molecule has 0 spiro atoms. The van der Waals surface area contributed by atoms with Gasteiger partial charge in [0.05, 0.1) is 7.11 Å². The van der Waals surface area contributed by atoms with Gasteiger partial charge in [-0.2, -0.15) is 0 Å². The fourth-order valence-electron chi connectivity index (χ4n) is 1.70. The van der Waals surface area contributed by atoms with Gasteiger partial charge in [-0.15, -0.1) is 0 Å². The summed E-state index contributed by atoms with van der Waals surface area (Å²) in [5, 5.41) is 17.7. The highest BCUT2D eigenvalue weighted by atomic mass is 16.5. The molecule has 0 aromatic rings. The van der Waals surface area contributed by atoms with Gasteiger partial charge in [0.15, 0.2) is 0 Å². The van der Waals surface area contributed by atoms with Crippen molar-refractivity contribution in [3.8, 4) is 0 Å². The van der Waals surface area contributed by atoms with Crippen LogP contribution in [0.4, 0.5) is 4.79 Å². The van der Waals surface area contributed by atoms with Crippen molar-refractivity contribution in [1.29, 1.82) is 0 Å². The molecule has 0 fully saturated rings. The van der Waals surface area contributed by atoms with Crippen molar-refractivity contribution in [3.05, 3.63) is 0 Å². The van der Waals surface area contributed by atoms with Gasteiger partial charge in [0.2, 0.25) is 0 Å². The van der Waals surface area contributed by atoms with Crippen molar-refractivity contribution < 1.29 is 29.3 Å². The molecule has 0 saturated heterocycles.